The minimum atomic E-state index is -4.41. The molecule has 1 heterocycles. The Morgan fingerprint density at radius 3 is 2.42 bits per heavy atom. The van der Waals surface area contributed by atoms with Gasteiger partial charge in [-0.25, -0.2) is 0 Å². The number of methoxy groups -OCH3 is 1. The molecule has 3 aromatic carbocycles. The molecule has 1 aliphatic heterocycles. The maximum Gasteiger partial charge on any atom is 0.416 e. The molecular weight excluding hydrogens is 561 g/mol. The fraction of sp³-hybridized carbons (Fsp3) is 0.394. The Kier molecular flexibility index (Phi) is 9.67. The van der Waals surface area contributed by atoms with Crippen LogP contribution < -0.4 is 14.4 Å². The zero-order chi connectivity index (χ0) is 30.4. The summed E-state index contributed by atoms with van der Waals surface area (Å²) >= 11 is 0. The Bertz CT molecular complexity index is 1400. The van der Waals surface area contributed by atoms with Crippen molar-refractivity contribution >= 4 is 5.69 Å². The molecule has 3 aromatic rings. The van der Waals surface area contributed by atoms with Crippen LogP contribution in [0.1, 0.15) is 41.9 Å². The summed E-state index contributed by atoms with van der Waals surface area (Å²) < 4.78 is 61.9. The number of benzene rings is 3. The van der Waals surface area contributed by atoms with E-state index in [9.17, 15) is 18.1 Å². The lowest BCUT2D eigenvalue weighted by Gasteiger charge is -2.36. The van der Waals surface area contributed by atoms with Gasteiger partial charge in [-0.2, -0.15) is 18.1 Å². The van der Waals surface area contributed by atoms with Crippen LogP contribution in [0, 0.1) is 4.91 Å². The minimum Gasteiger partial charge on any atom is -0.490 e. The van der Waals surface area contributed by atoms with E-state index in [-0.39, 0.29) is 17.8 Å². The fourth-order valence-electron chi connectivity index (χ4n) is 5.72. The number of fused-ring (bicyclic) bond motifs is 1. The Labute approximate surface area is 249 Å². The number of anilines is 1. The van der Waals surface area contributed by atoms with E-state index in [0.717, 1.165) is 59.8 Å². The van der Waals surface area contributed by atoms with Crippen molar-refractivity contribution in [2.75, 3.05) is 38.3 Å². The van der Waals surface area contributed by atoms with Crippen LogP contribution in [0.5, 0.6) is 17.2 Å². The van der Waals surface area contributed by atoms with Gasteiger partial charge >= 0.3 is 6.18 Å². The van der Waals surface area contributed by atoms with E-state index >= 15 is 0 Å². The summed E-state index contributed by atoms with van der Waals surface area (Å²) in [7, 11) is 1.70. The van der Waals surface area contributed by atoms with Crippen LogP contribution >= 0.6 is 0 Å². The number of hydrogen-bond acceptors (Lipinski definition) is 7. The highest BCUT2D eigenvalue weighted by Gasteiger charge is 2.38. The lowest BCUT2D eigenvalue weighted by atomic mass is 9.76. The molecule has 1 saturated carbocycles. The van der Waals surface area contributed by atoms with Crippen molar-refractivity contribution in [3.8, 4) is 17.2 Å². The summed E-state index contributed by atoms with van der Waals surface area (Å²) in [5.74, 6) is 1.30. The second-order valence-electron chi connectivity index (χ2n) is 10.9. The van der Waals surface area contributed by atoms with Gasteiger partial charge in [0.1, 0.15) is 29.9 Å². The quantitative estimate of drug-likeness (QED) is 0.127. The van der Waals surface area contributed by atoms with Gasteiger partial charge < -0.3 is 23.8 Å². The van der Waals surface area contributed by atoms with Gasteiger partial charge in [0.25, 0.3) is 0 Å². The molecule has 2 aliphatic rings. The molecule has 0 radical (unpaired) electrons. The third-order valence-electron chi connectivity index (χ3n) is 7.84. The first-order valence-corrected chi connectivity index (χ1v) is 14.3. The third kappa shape index (κ3) is 7.55. The van der Waals surface area contributed by atoms with Gasteiger partial charge in [0, 0.05) is 26.2 Å². The maximum absolute atomic E-state index is 12.9. The van der Waals surface area contributed by atoms with Gasteiger partial charge in [-0.3, -0.25) is 0 Å². The van der Waals surface area contributed by atoms with E-state index < -0.39 is 17.8 Å². The first kappa shape index (κ1) is 30.6. The summed E-state index contributed by atoms with van der Waals surface area (Å²) in [4.78, 5) is 14.2. The molecule has 0 bridgehead atoms. The van der Waals surface area contributed by atoms with E-state index in [1.807, 2.05) is 24.3 Å². The Balaban J connectivity index is 1.29. The van der Waals surface area contributed by atoms with Gasteiger partial charge in [-0.15, -0.1) is 0 Å². The van der Waals surface area contributed by atoms with E-state index in [2.05, 4.69) is 22.7 Å². The number of alkyl halides is 3. The lowest BCUT2D eigenvalue weighted by molar-refractivity contribution is -0.137. The molecule has 10 heteroatoms. The topological polar surface area (TPSA) is 69.6 Å². The van der Waals surface area contributed by atoms with E-state index in [4.69, 9.17) is 18.9 Å². The summed E-state index contributed by atoms with van der Waals surface area (Å²) in [6.07, 6.45) is -2.75. The van der Waals surface area contributed by atoms with Crippen molar-refractivity contribution in [3.05, 3.63) is 100 Å². The van der Waals surface area contributed by atoms with Crippen LogP contribution in [0.4, 0.5) is 18.9 Å². The zero-order valence-corrected chi connectivity index (χ0v) is 24.0. The first-order valence-electron chi connectivity index (χ1n) is 14.3. The molecule has 0 amide bonds. The summed E-state index contributed by atoms with van der Waals surface area (Å²) in [5, 5.41) is 3.43. The second kappa shape index (κ2) is 13.6. The second-order valence-corrected chi connectivity index (χ2v) is 10.9. The summed E-state index contributed by atoms with van der Waals surface area (Å²) in [6, 6.07) is 17.2. The molecule has 5 rings (SSSR count). The van der Waals surface area contributed by atoms with Crippen LogP contribution in [0.3, 0.4) is 0 Å². The first-order chi connectivity index (χ1) is 20.7. The molecule has 3 atom stereocenters. The van der Waals surface area contributed by atoms with Crippen molar-refractivity contribution in [2.24, 2.45) is 5.18 Å². The monoisotopic (exact) mass is 596 g/mol. The normalized spacial score (nSPS) is 20.3. The number of hydrogen-bond donors (Lipinski definition) is 0. The van der Waals surface area contributed by atoms with Crippen molar-refractivity contribution in [2.45, 2.75) is 50.1 Å². The average molecular weight is 597 g/mol. The Hall–Kier alpha value is -3.89. The lowest BCUT2D eigenvalue weighted by Crippen LogP contribution is -2.36. The highest BCUT2D eigenvalue weighted by Crippen LogP contribution is 2.41. The molecule has 0 aromatic heterocycles. The minimum absolute atomic E-state index is 0.288. The van der Waals surface area contributed by atoms with Crippen LogP contribution in [0.2, 0.25) is 0 Å². The number of ether oxygens (including phenoxy) is 4. The van der Waals surface area contributed by atoms with Crippen molar-refractivity contribution in [1.82, 2.24) is 0 Å². The zero-order valence-electron chi connectivity index (χ0n) is 24.0. The standard InChI is InChI=1S/C33H35F3N2O5/c1-22-18-28(37-39)32(24-5-9-26(10-6-24)43-27-11-7-25(8-12-27)33(34,35)36)31(19-22)42-21-23-4-13-30-29(20-23)38(15-17-41-30)14-3-16-40-2/h4-13,20,28,31-32H,1,3,14-19,21H2,2H3/t28-,31?,32+/m1/s1. The number of nitroso groups, excluding NO2 is 1. The largest absolute Gasteiger partial charge is 0.490 e. The van der Waals surface area contributed by atoms with E-state index in [1.54, 1.807) is 19.2 Å². The smallest absolute Gasteiger partial charge is 0.416 e. The van der Waals surface area contributed by atoms with Crippen molar-refractivity contribution in [3.63, 3.8) is 0 Å². The molecule has 0 spiro atoms. The average Bonchev–Trinajstić information content (AvgIpc) is 3.00. The number of nitrogens with zero attached hydrogens (tertiary/aromatic N) is 2. The highest BCUT2D eigenvalue weighted by atomic mass is 19.4. The molecule has 0 N–H and O–H groups in total. The molecule has 43 heavy (non-hydrogen) atoms. The van der Waals surface area contributed by atoms with Crippen LogP contribution in [-0.4, -0.2) is 45.6 Å². The molecule has 1 aliphatic carbocycles. The van der Waals surface area contributed by atoms with Gasteiger partial charge in [0.05, 0.1) is 30.5 Å². The molecule has 0 saturated heterocycles. The predicted octanol–water partition coefficient (Wildman–Crippen LogP) is 7.89. The molecular formula is C33H35F3N2O5. The fourth-order valence-corrected chi connectivity index (χ4v) is 5.72. The van der Waals surface area contributed by atoms with Crippen LogP contribution in [0.25, 0.3) is 0 Å². The third-order valence-corrected chi connectivity index (χ3v) is 7.84. The van der Waals surface area contributed by atoms with Crippen LogP contribution in [-0.2, 0) is 22.3 Å². The number of halogens is 3. The molecule has 1 fully saturated rings. The Morgan fingerprint density at radius 1 is 1.02 bits per heavy atom. The van der Waals surface area contributed by atoms with Crippen molar-refractivity contribution in [1.29, 1.82) is 0 Å². The predicted molar refractivity (Wildman–Crippen MR) is 158 cm³/mol. The summed E-state index contributed by atoms with van der Waals surface area (Å²) in [5.41, 5.74) is 3.06. The highest BCUT2D eigenvalue weighted by molar-refractivity contribution is 5.61. The molecule has 7 nitrogen and oxygen atoms in total. The van der Waals surface area contributed by atoms with Crippen molar-refractivity contribution < 1.29 is 32.1 Å². The van der Waals surface area contributed by atoms with E-state index in [1.165, 1.54) is 12.1 Å². The van der Waals surface area contributed by atoms with Gasteiger partial charge in [-0.05, 0) is 78.9 Å². The van der Waals surface area contributed by atoms with E-state index in [0.29, 0.717) is 38.4 Å². The number of rotatable bonds is 11. The van der Waals surface area contributed by atoms with Crippen LogP contribution in [0.15, 0.2) is 84.1 Å². The van der Waals surface area contributed by atoms with Gasteiger partial charge in [0.15, 0.2) is 0 Å². The molecule has 228 valence electrons. The Morgan fingerprint density at radius 2 is 1.74 bits per heavy atom. The van der Waals surface area contributed by atoms with Gasteiger partial charge in [0.2, 0.25) is 0 Å². The SMILES string of the molecule is C=C1CC(OCc2ccc3c(c2)N(CCCOC)CCO3)[C@@H](c2ccc(Oc3ccc(C(F)(F)F)cc3)cc2)[C@H](N=O)C1. The molecule has 1 unspecified atom stereocenters. The summed E-state index contributed by atoms with van der Waals surface area (Å²) in [6.45, 7) is 7.46. The van der Waals surface area contributed by atoms with Gasteiger partial charge in [-0.1, -0.05) is 35.5 Å². The maximum atomic E-state index is 12.9.